The van der Waals surface area contributed by atoms with Crippen LogP contribution in [0.2, 0.25) is 0 Å². The third kappa shape index (κ3) is 4.77. The highest BCUT2D eigenvalue weighted by atomic mass is 16.3. The van der Waals surface area contributed by atoms with E-state index in [0.717, 1.165) is 25.3 Å². The highest BCUT2D eigenvalue weighted by molar-refractivity contribution is 5.91. The summed E-state index contributed by atoms with van der Waals surface area (Å²) in [6.45, 7) is 6.59. The first-order valence-corrected chi connectivity index (χ1v) is 9.32. The number of hydrogen-bond acceptors (Lipinski definition) is 4. The average molecular weight is 361 g/mol. The second-order valence-electron chi connectivity index (χ2n) is 6.56. The van der Waals surface area contributed by atoms with E-state index in [2.05, 4.69) is 20.5 Å². The number of carbonyl (C=O) groups is 2. The summed E-state index contributed by atoms with van der Waals surface area (Å²) < 4.78 is 5.19. The minimum absolute atomic E-state index is 0.0700. The molecule has 2 N–H and O–H groups in total. The van der Waals surface area contributed by atoms with Crippen molar-refractivity contribution in [3.05, 3.63) is 24.2 Å². The van der Waals surface area contributed by atoms with Crippen LogP contribution in [0.25, 0.3) is 0 Å². The molecule has 0 radical (unpaired) electrons. The summed E-state index contributed by atoms with van der Waals surface area (Å²) >= 11 is 0. The minimum Gasteiger partial charge on any atom is -0.459 e. The summed E-state index contributed by atoms with van der Waals surface area (Å²) in [6.07, 6.45) is 3.54. The van der Waals surface area contributed by atoms with Gasteiger partial charge in [0, 0.05) is 45.2 Å². The monoisotopic (exact) mass is 361 g/mol. The Bertz CT molecular complexity index is 631. The number of rotatable bonds is 6. The fourth-order valence-corrected chi connectivity index (χ4v) is 2.93. The Morgan fingerprint density at radius 2 is 1.92 bits per heavy atom. The normalized spacial score (nSPS) is 18.0. The van der Waals surface area contributed by atoms with E-state index in [0.29, 0.717) is 45.0 Å². The summed E-state index contributed by atoms with van der Waals surface area (Å²) in [4.78, 5) is 32.5. The van der Waals surface area contributed by atoms with Crippen molar-refractivity contribution in [3.8, 4) is 0 Å². The van der Waals surface area contributed by atoms with E-state index in [-0.39, 0.29) is 17.7 Å². The quantitative estimate of drug-likeness (QED) is 0.438. The average Bonchev–Trinajstić information content (AvgIpc) is 3.38. The Labute approximate surface area is 153 Å². The molecule has 0 spiro atoms. The third-order valence-electron chi connectivity index (χ3n) is 4.55. The number of hydrogen-bond donors (Lipinski definition) is 2. The summed E-state index contributed by atoms with van der Waals surface area (Å²) in [5.74, 6) is 1.52. The Balaban J connectivity index is 1.46. The van der Waals surface area contributed by atoms with E-state index < -0.39 is 0 Å². The predicted octanol–water partition coefficient (Wildman–Crippen LogP) is 0.529. The van der Waals surface area contributed by atoms with Crippen LogP contribution >= 0.6 is 0 Å². The lowest BCUT2D eigenvalue weighted by Crippen LogP contribution is -2.53. The summed E-state index contributed by atoms with van der Waals surface area (Å²) in [5, 5.41) is 6.22. The maximum Gasteiger partial charge on any atom is 0.289 e. The number of carbonyl (C=O) groups excluding carboxylic acids is 2. The van der Waals surface area contributed by atoms with Gasteiger partial charge >= 0.3 is 0 Å². The van der Waals surface area contributed by atoms with Crippen molar-refractivity contribution >= 4 is 17.8 Å². The first-order valence-electron chi connectivity index (χ1n) is 9.32. The maximum absolute atomic E-state index is 12.3. The van der Waals surface area contributed by atoms with Gasteiger partial charge in [-0.1, -0.05) is 0 Å². The van der Waals surface area contributed by atoms with Crippen LogP contribution in [-0.4, -0.2) is 73.4 Å². The number of nitrogens with zero attached hydrogens (tertiary/aromatic N) is 3. The van der Waals surface area contributed by atoms with Crippen LogP contribution in [0, 0.1) is 5.92 Å². The molecule has 0 unspecified atom stereocenters. The van der Waals surface area contributed by atoms with E-state index in [1.807, 2.05) is 6.92 Å². The van der Waals surface area contributed by atoms with Gasteiger partial charge in [0.2, 0.25) is 5.91 Å². The second-order valence-corrected chi connectivity index (χ2v) is 6.56. The highest BCUT2D eigenvalue weighted by Gasteiger charge is 2.29. The zero-order valence-electron chi connectivity index (χ0n) is 15.2. The molecule has 142 valence electrons. The zero-order valence-corrected chi connectivity index (χ0v) is 15.2. The largest absolute Gasteiger partial charge is 0.459 e. The van der Waals surface area contributed by atoms with Gasteiger partial charge in [-0.2, -0.15) is 0 Å². The van der Waals surface area contributed by atoms with Gasteiger partial charge in [-0.25, -0.2) is 0 Å². The predicted molar refractivity (Wildman–Crippen MR) is 97.9 cm³/mol. The standard InChI is InChI=1S/C18H27N5O3/c1-2-19-18(21-8-7-20-16(24)14-5-6-14)23-11-9-22(10-12-23)17(25)15-4-3-13-26-15/h3-4,13-14H,2,5-12H2,1H3,(H,19,21)(H,20,24). The number of amides is 2. The van der Waals surface area contributed by atoms with Crippen molar-refractivity contribution in [1.29, 1.82) is 0 Å². The van der Waals surface area contributed by atoms with E-state index in [1.54, 1.807) is 17.0 Å². The lowest BCUT2D eigenvalue weighted by molar-refractivity contribution is -0.122. The highest BCUT2D eigenvalue weighted by Crippen LogP contribution is 2.28. The Morgan fingerprint density at radius 3 is 2.54 bits per heavy atom. The SMILES string of the molecule is CCNC(=NCCNC(=O)C1CC1)N1CCN(C(=O)c2ccco2)CC1. The van der Waals surface area contributed by atoms with Gasteiger partial charge < -0.3 is 24.9 Å². The molecule has 0 atom stereocenters. The number of piperazine rings is 1. The van der Waals surface area contributed by atoms with Gasteiger partial charge in [-0.3, -0.25) is 14.6 Å². The van der Waals surface area contributed by atoms with Crippen LogP contribution in [0.15, 0.2) is 27.8 Å². The molecule has 1 saturated heterocycles. The molecule has 26 heavy (non-hydrogen) atoms. The molecular weight excluding hydrogens is 334 g/mol. The number of nitrogens with one attached hydrogen (secondary N) is 2. The van der Waals surface area contributed by atoms with Crippen LogP contribution in [-0.2, 0) is 4.79 Å². The Kier molecular flexibility index (Phi) is 6.14. The molecule has 0 aromatic carbocycles. The zero-order chi connectivity index (χ0) is 18.4. The van der Waals surface area contributed by atoms with Crippen molar-refractivity contribution in [2.24, 2.45) is 10.9 Å². The molecule has 8 nitrogen and oxygen atoms in total. The van der Waals surface area contributed by atoms with E-state index in [1.165, 1.54) is 6.26 Å². The van der Waals surface area contributed by atoms with Gasteiger partial charge in [-0.15, -0.1) is 0 Å². The molecule has 2 aliphatic rings. The van der Waals surface area contributed by atoms with Crippen molar-refractivity contribution in [2.45, 2.75) is 19.8 Å². The molecule has 1 aliphatic heterocycles. The molecule has 1 saturated carbocycles. The van der Waals surface area contributed by atoms with Gasteiger partial charge in [-0.05, 0) is 31.9 Å². The van der Waals surface area contributed by atoms with Crippen molar-refractivity contribution in [2.75, 3.05) is 45.8 Å². The number of aliphatic imine (C=N–C) groups is 1. The van der Waals surface area contributed by atoms with Gasteiger partial charge in [0.05, 0.1) is 12.8 Å². The summed E-state index contributed by atoms with van der Waals surface area (Å²) in [5.41, 5.74) is 0. The fourth-order valence-electron chi connectivity index (χ4n) is 2.93. The van der Waals surface area contributed by atoms with Crippen LogP contribution in [0.4, 0.5) is 0 Å². The fraction of sp³-hybridized carbons (Fsp3) is 0.611. The lowest BCUT2D eigenvalue weighted by atomic mass is 10.3. The first-order chi connectivity index (χ1) is 12.7. The molecule has 8 heteroatoms. The van der Waals surface area contributed by atoms with E-state index in [9.17, 15) is 9.59 Å². The minimum atomic E-state index is -0.0700. The summed E-state index contributed by atoms with van der Waals surface area (Å²) in [6, 6.07) is 3.41. The molecule has 2 heterocycles. The van der Waals surface area contributed by atoms with Crippen molar-refractivity contribution in [3.63, 3.8) is 0 Å². The molecule has 2 amide bonds. The molecule has 1 aliphatic carbocycles. The van der Waals surface area contributed by atoms with Crippen LogP contribution in [0.5, 0.6) is 0 Å². The molecule has 0 bridgehead atoms. The van der Waals surface area contributed by atoms with Crippen molar-refractivity contribution in [1.82, 2.24) is 20.4 Å². The first kappa shape index (κ1) is 18.3. The number of furan rings is 1. The lowest BCUT2D eigenvalue weighted by Gasteiger charge is -2.36. The van der Waals surface area contributed by atoms with Gasteiger partial charge in [0.15, 0.2) is 11.7 Å². The molecule has 1 aromatic rings. The van der Waals surface area contributed by atoms with Gasteiger partial charge in [0.25, 0.3) is 5.91 Å². The maximum atomic E-state index is 12.3. The second kappa shape index (κ2) is 8.73. The third-order valence-corrected chi connectivity index (χ3v) is 4.55. The van der Waals surface area contributed by atoms with Gasteiger partial charge in [0.1, 0.15) is 0 Å². The Morgan fingerprint density at radius 1 is 1.19 bits per heavy atom. The topological polar surface area (TPSA) is 90.2 Å². The van der Waals surface area contributed by atoms with E-state index in [4.69, 9.17) is 4.42 Å². The smallest absolute Gasteiger partial charge is 0.289 e. The number of guanidine groups is 1. The van der Waals surface area contributed by atoms with Crippen LogP contribution < -0.4 is 10.6 Å². The molecule has 3 rings (SSSR count). The molecule has 2 fully saturated rings. The molecule has 1 aromatic heterocycles. The van der Waals surface area contributed by atoms with Crippen molar-refractivity contribution < 1.29 is 14.0 Å². The molecular formula is C18H27N5O3. The Hall–Kier alpha value is -2.51. The van der Waals surface area contributed by atoms with Crippen LogP contribution in [0.1, 0.15) is 30.3 Å². The van der Waals surface area contributed by atoms with Crippen LogP contribution in [0.3, 0.4) is 0 Å². The van der Waals surface area contributed by atoms with E-state index >= 15 is 0 Å². The summed E-state index contributed by atoms with van der Waals surface area (Å²) in [7, 11) is 0.